The molecular formula is C12H18O2. The second kappa shape index (κ2) is 5.13. The van der Waals surface area contributed by atoms with E-state index in [1.54, 1.807) is 0 Å². The Morgan fingerprint density at radius 3 is 1.86 bits per heavy atom. The van der Waals surface area contributed by atoms with Crippen LogP contribution < -0.4 is 0 Å². The lowest BCUT2D eigenvalue weighted by atomic mass is 9.96. The zero-order chi connectivity index (χ0) is 10.6. The van der Waals surface area contributed by atoms with Gasteiger partial charge in [0, 0.05) is 13.2 Å². The van der Waals surface area contributed by atoms with Gasteiger partial charge in [-0.3, -0.25) is 0 Å². The smallest absolute Gasteiger partial charge is 0.0471 e. The second-order valence-corrected chi connectivity index (χ2v) is 3.66. The molecule has 1 aromatic carbocycles. The molecule has 0 saturated heterocycles. The van der Waals surface area contributed by atoms with Crippen LogP contribution in [-0.4, -0.2) is 23.4 Å². The fourth-order valence-electron chi connectivity index (χ4n) is 1.86. The summed E-state index contributed by atoms with van der Waals surface area (Å²) in [5.41, 5.74) is 4.82. The van der Waals surface area contributed by atoms with Crippen molar-refractivity contribution in [3.8, 4) is 0 Å². The minimum absolute atomic E-state index is 0.193. The normalized spacial score (nSPS) is 10.6. The third-order valence-corrected chi connectivity index (χ3v) is 2.52. The van der Waals surface area contributed by atoms with E-state index in [1.807, 2.05) is 0 Å². The predicted octanol–water partition coefficient (Wildman–Crippen LogP) is 1.37. The molecule has 0 saturated carbocycles. The number of hydrogen-bond acceptors (Lipinski definition) is 2. The predicted molar refractivity (Wildman–Crippen MR) is 57.5 cm³/mol. The van der Waals surface area contributed by atoms with E-state index in [2.05, 4.69) is 26.0 Å². The highest BCUT2D eigenvalue weighted by Crippen LogP contribution is 2.17. The summed E-state index contributed by atoms with van der Waals surface area (Å²) >= 11 is 0. The van der Waals surface area contributed by atoms with Crippen LogP contribution in [0, 0.1) is 13.8 Å². The molecule has 0 atom stereocenters. The van der Waals surface area contributed by atoms with E-state index in [9.17, 15) is 0 Å². The third kappa shape index (κ3) is 2.56. The molecule has 0 aliphatic carbocycles. The van der Waals surface area contributed by atoms with Gasteiger partial charge in [-0.1, -0.05) is 12.1 Å². The lowest BCUT2D eigenvalue weighted by molar-refractivity contribution is 0.298. The molecule has 0 aliphatic heterocycles. The van der Waals surface area contributed by atoms with Crippen molar-refractivity contribution in [1.82, 2.24) is 0 Å². The Morgan fingerprint density at radius 1 is 0.929 bits per heavy atom. The van der Waals surface area contributed by atoms with Crippen molar-refractivity contribution < 1.29 is 10.2 Å². The van der Waals surface area contributed by atoms with Gasteiger partial charge in [-0.05, 0) is 48.9 Å². The molecule has 14 heavy (non-hydrogen) atoms. The van der Waals surface area contributed by atoms with Crippen molar-refractivity contribution in [1.29, 1.82) is 0 Å². The Bertz CT molecular complexity index is 282. The molecule has 1 aromatic rings. The lowest BCUT2D eigenvalue weighted by Crippen LogP contribution is -2.00. The molecular weight excluding hydrogens is 176 g/mol. The fraction of sp³-hybridized carbons (Fsp3) is 0.500. The van der Waals surface area contributed by atoms with Crippen molar-refractivity contribution in [3.05, 3.63) is 34.4 Å². The number of aliphatic hydroxyl groups excluding tert-OH is 2. The van der Waals surface area contributed by atoms with Crippen LogP contribution in [0.3, 0.4) is 0 Å². The van der Waals surface area contributed by atoms with Gasteiger partial charge in [0.15, 0.2) is 0 Å². The quantitative estimate of drug-likeness (QED) is 0.760. The van der Waals surface area contributed by atoms with E-state index < -0.39 is 0 Å². The van der Waals surface area contributed by atoms with Gasteiger partial charge in [0.2, 0.25) is 0 Å². The summed E-state index contributed by atoms with van der Waals surface area (Å²) < 4.78 is 0. The molecule has 0 bridgehead atoms. The van der Waals surface area contributed by atoms with Crippen LogP contribution in [0.25, 0.3) is 0 Å². The first-order valence-electron chi connectivity index (χ1n) is 4.99. The first-order valence-corrected chi connectivity index (χ1v) is 4.99. The van der Waals surface area contributed by atoms with Gasteiger partial charge in [0.1, 0.15) is 0 Å². The van der Waals surface area contributed by atoms with Crippen molar-refractivity contribution in [3.63, 3.8) is 0 Å². The first-order chi connectivity index (χ1) is 6.69. The number of hydrogen-bond donors (Lipinski definition) is 2. The molecule has 1 rings (SSSR count). The molecule has 0 aliphatic rings. The lowest BCUT2D eigenvalue weighted by Gasteiger charge is -2.11. The van der Waals surface area contributed by atoms with Crippen LogP contribution in [0.1, 0.15) is 22.3 Å². The average Bonchev–Trinajstić information content (AvgIpc) is 2.12. The Labute approximate surface area is 85.2 Å². The molecule has 0 amide bonds. The summed E-state index contributed by atoms with van der Waals surface area (Å²) in [4.78, 5) is 0. The van der Waals surface area contributed by atoms with Gasteiger partial charge < -0.3 is 10.2 Å². The van der Waals surface area contributed by atoms with Gasteiger partial charge in [0.25, 0.3) is 0 Å². The van der Waals surface area contributed by atoms with Gasteiger partial charge in [-0.25, -0.2) is 0 Å². The highest BCUT2D eigenvalue weighted by molar-refractivity contribution is 5.38. The van der Waals surface area contributed by atoms with E-state index in [0.717, 1.165) is 6.42 Å². The SMILES string of the molecule is Cc1cc(CCO)cc(C)c1CCO. The maximum Gasteiger partial charge on any atom is 0.0471 e. The minimum atomic E-state index is 0.193. The van der Waals surface area contributed by atoms with Crippen LogP contribution in [0.15, 0.2) is 12.1 Å². The third-order valence-electron chi connectivity index (χ3n) is 2.52. The number of aryl methyl sites for hydroxylation is 2. The maximum absolute atomic E-state index is 8.90. The van der Waals surface area contributed by atoms with Crippen molar-refractivity contribution in [2.24, 2.45) is 0 Å². The van der Waals surface area contributed by atoms with Crippen LogP contribution in [-0.2, 0) is 12.8 Å². The molecule has 0 aromatic heterocycles. The van der Waals surface area contributed by atoms with Crippen molar-refractivity contribution in [2.75, 3.05) is 13.2 Å². The van der Waals surface area contributed by atoms with E-state index in [0.29, 0.717) is 6.42 Å². The Kier molecular flexibility index (Phi) is 4.11. The molecule has 0 radical (unpaired) electrons. The molecule has 2 N–H and O–H groups in total. The summed E-state index contributed by atoms with van der Waals surface area (Å²) in [7, 11) is 0. The van der Waals surface area contributed by atoms with E-state index in [1.165, 1.54) is 22.3 Å². The zero-order valence-electron chi connectivity index (χ0n) is 8.88. The van der Waals surface area contributed by atoms with Crippen LogP contribution in [0.5, 0.6) is 0 Å². The topological polar surface area (TPSA) is 40.5 Å². The van der Waals surface area contributed by atoms with Gasteiger partial charge in [0.05, 0.1) is 0 Å². The standard InChI is InChI=1S/C12H18O2/c1-9-7-11(3-5-13)8-10(2)12(9)4-6-14/h7-8,13-14H,3-6H2,1-2H3. The van der Waals surface area contributed by atoms with Crippen molar-refractivity contribution in [2.45, 2.75) is 26.7 Å². The summed E-state index contributed by atoms with van der Waals surface area (Å²) in [5, 5.41) is 17.7. The van der Waals surface area contributed by atoms with Gasteiger partial charge in [-0.15, -0.1) is 0 Å². The van der Waals surface area contributed by atoms with Crippen LogP contribution in [0.4, 0.5) is 0 Å². The monoisotopic (exact) mass is 194 g/mol. The second-order valence-electron chi connectivity index (χ2n) is 3.66. The molecule has 0 unspecified atom stereocenters. The summed E-state index contributed by atoms with van der Waals surface area (Å²) in [6, 6.07) is 4.18. The highest BCUT2D eigenvalue weighted by atomic mass is 16.3. The minimum Gasteiger partial charge on any atom is -0.396 e. The van der Waals surface area contributed by atoms with E-state index in [4.69, 9.17) is 10.2 Å². The summed E-state index contributed by atoms with van der Waals surface area (Å²) in [6.07, 6.45) is 1.43. The molecule has 0 heterocycles. The number of aliphatic hydroxyl groups is 2. The Hall–Kier alpha value is -0.860. The summed E-state index contributed by atoms with van der Waals surface area (Å²) in [6.45, 7) is 4.50. The molecule has 2 heteroatoms. The molecule has 78 valence electrons. The molecule has 0 fully saturated rings. The van der Waals surface area contributed by atoms with E-state index >= 15 is 0 Å². The van der Waals surface area contributed by atoms with Gasteiger partial charge >= 0.3 is 0 Å². The Morgan fingerprint density at radius 2 is 1.43 bits per heavy atom. The molecule has 0 spiro atoms. The largest absolute Gasteiger partial charge is 0.396 e. The fourth-order valence-corrected chi connectivity index (χ4v) is 1.86. The van der Waals surface area contributed by atoms with Gasteiger partial charge in [-0.2, -0.15) is 0 Å². The van der Waals surface area contributed by atoms with E-state index in [-0.39, 0.29) is 13.2 Å². The maximum atomic E-state index is 8.90. The first kappa shape index (κ1) is 11.2. The van der Waals surface area contributed by atoms with Crippen molar-refractivity contribution >= 4 is 0 Å². The van der Waals surface area contributed by atoms with Crippen LogP contribution >= 0.6 is 0 Å². The summed E-state index contributed by atoms with van der Waals surface area (Å²) in [5.74, 6) is 0. The zero-order valence-corrected chi connectivity index (χ0v) is 8.88. The Balaban J connectivity index is 2.98. The highest BCUT2D eigenvalue weighted by Gasteiger charge is 2.04. The number of benzene rings is 1. The number of rotatable bonds is 4. The van der Waals surface area contributed by atoms with Crippen LogP contribution in [0.2, 0.25) is 0 Å². The molecule has 2 nitrogen and oxygen atoms in total. The average molecular weight is 194 g/mol.